The number of imidazole rings is 1. The summed E-state index contributed by atoms with van der Waals surface area (Å²) in [6.45, 7) is 4.91. The molecule has 0 amide bonds. The number of benzene rings is 1. The van der Waals surface area contributed by atoms with Crippen molar-refractivity contribution in [2.75, 3.05) is 18.0 Å². The minimum Gasteiger partial charge on any atom is -0.355 e. The molecule has 1 unspecified atom stereocenters. The number of aryl methyl sites for hydroxylation is 1. The van der Waals surface area contributed by atoms with Crippen LogP contribution in [0.3, 0.4) is 0 Å². The monoisotopic (exact) mass is 333 g/mol. The Morgan fingerprint density at radius 3 is 2.72 bits per heavy atom. The van der Waals surface area contributed by atoms with E-state index in [-0.39, 0.29) is 0 Å². The lowest BCUT2D eigenvalue weighted by Gasteiger charge is -2.18. The summed E-state index contributed by atoms with van der Waals surface area (Å²) in [5.74, 6) is 2.08. The Kier molecular flexibility index (Phi) is 4.48. The summed E-state index contributed by atoms with van der Waals surface area (Å²) in [5, 5.41) is 3.69. The minimum absolute atomic E-state index is 0.474. The van der Waals surface area contributed by atoms with Gasteiger partial charge in [0.2, 0.25) is 0 Å². The van der Waals surface area contributed by atoms with Gasteiger partial charge in [-0.3, -0.25) is 4.57 Å². The molecule has 4 rings (SSSR count). The second-order valence-electron chi connectivity index (χ2n) is 6.47. The smallest absolute Gasteiger partial charge is 0.128 e. The maximum Gasteiger partial charge on any atom is 0.128 e. The van der Waals surface area contributed by atoms with Crippen LogP contribution in [0.25, 0.3) is 5.69 Å². The van der Waals surface area contributed by atoms with E-state index in [4.69, 9.17) is 0 Å². The Bertz CT molecular complexity index is 813. The van der Waals surface area contributed by atoms with Crippen LogP contribution in [0.1, 0.15) is 17.9 Å². The molecule has 1 aromatic carbocycles. The normalized spacial score (nSPS) is 17.2. The Morgan fingerprint density at radius 1 is 1.08 bits per heavy atom. The molecule has 25 heavy (non-hydrogen) atoms. The zero-order valence-corrected chi connectivity index (χ0v) is 14.5. The first-order valence-corrected chi connectivity index (χ1v) is 8.79. The minimum atomic E-state index is 0.474. The molecule has 1 saturated heterocycles. The van der Waals surface area contributed by atoms with Gasteiger partial charge in [0, 0.05) is 37.6 Å². The first-order valence-electron chi connectivity index (χ1n) is 8.79. The second kappa shape index (κ2) is 7.07. The lowest BCUT2D eigenvalue weighted by Crippen LogP contribution is -2.32. The Labute approximate surface area is 148 Å². The van der Waals surface area contributed by atoms with Crippen LogP contribution in [0.15, 0.2) is 60.9 Å². The molecule has 5 nitrogen and oxygen atoms in total. The van der Waals surface area contributed by atoms with Crippen molar-refractivity contribution in [2.45, 2.75) is 25.9 Å². The summed E-state index contributed by atoms with van der Waals surface area (Å²) in [4.78, 5) is 11.3. The van der Waals surface area contributed by atoms with Crippen molar-refractivity contribution in [3.8, 4) is 5.69 Å². The number of rotatable bonds is 5. The Hall–Kier alpha value is -2.66. The maximum atomic E-state index is 4.50. The molecule has 0 aliphatic carbocycles. The third-order valence-electron chi connectivity index (χ3n) is 4.76. The summed E-state index contributed by atoms with van der Waals surface area (Å²) in [5.41, 5.74) is 2.36. The predicted octanol–water partition coefficient (Wildman–Crippen LogP) is 2.94. The van der Waals surface area contributed by atoms with Crippen molar-refractivity contribution < 1.29 is 0 Å². The van der Waals surface area contributed by atoms with Crippen molar-refractivity contribution >= 4 is 5.82 Å². The van der Waals surface area contributed by atoms with Crippen LogP contribution in [-0.2, 0) is 6.54 Å². The topological polar surface area (TPSA) is 46.0 Å². The number of para-hydroxylation sites is 1. The molecule has 3 heterocycles. The van der Waals surface area contributed by atoms with E-state index in [1.165, 1.54) is 5.69 Å². The van der Waals surface area contributed by atoms with Gasteiger partial charge < -0.3 is 10.2 Å². The van der Waals surface area contributed by atoms with E-state index in [1.54, 1.807) is 0 Å². The molecule has 1 fully saturated rings. The van der Waals surface area contributed by atoms with Crippen molar-refractivity contribution in [2.24, 2.45) is 0 Å². The van der Waals surface area contributed by atoms with Crippen LogP contribution < -0.4 is 10.2 Å². The van der Waals surface area contributed by atoms with Gasteiger partial charge in [0.05, 0.1) is 11.9 Å². The van der Waals surface area contributed by atoms with Gasteiger partial charge in [-0.1, -0.05) is 24.3 Å². The highest BCUT2D eigenvalue weighted by Crippen LogP contribution is 2.19. The number of aromatic nitrogens is 3. The number of anilines is 1. The molecule has 3 aromatic rings. The molecule has 0 bridgehead atoms. The lowest BCUT2D eigenvalue weighted by molar-refractivity contribution is 0.541. The molecule has 128 valence electrons. The van der Waals surface area contributed by atoms with Crippen molar-refractivity contribution in [3.63, 3.8) is 0 Å². The lowest BCUT2D eigenvalue weighted by atomic mass is 10.2. The van der Waals surface area contributed by atoms with E-state index in [9.17, 15) is 0 Å². The van der Waals surface area contributed by atoms with Crippen LogP contribution >= 0.6 is 0 Å². The summed E-state index contributed by atoms with van der Waals surface area (Å²) in [6.07, 6.45) is 4.97. The summed E-state index contributed by atoms with van der Waals surface area (Å²) in [7, 11) is 0. The average Bonchev–Trinajstić information content (AvgIpc) is 3.28. The molecule has 0 spiro atoms. The van der Waals surface area contributed by atoms with E-state index < -0.39 is 0 Å². The molecule has 1 atom stereocenters. The SMILES string of the molecule is Cc1ncc(CNC2CCN(c3ccccn3)C2)n1-c1ccccc1. The van der Waals surface area contributed by atoms with E-state index in [1.807, 2.05) is 30.6 Å². The van der Waals surface area contributed by atoms with E-state index in [0.717, 1.165) is 43.4 Å². The summed E-state index contributed by atoms with van der Waals surface area (Å²) < 4.78 is 2.22. The van der Waals surface area contributed by atoms with Gasteiger partial charge in [-0.25, -0.2) is 9.97 Å². The molecule has 0 saturated carbocycles. The quantitative estimate of drug-likeness (QED) is 0.780. The van der Waals surface area contributed by atoms with Gasteiger partial charge in [-0.2, -0.15) is 0 Å². The third kappa shape index (κ3) is 3.42. The number of nitrogens with one attached hydrogen (secondary N) is 1. The van der Waals surface area contributed by atoms with Gasteiger partial charge in [-0.05, 0) is 37.6 Å². The maximum absolute atomic E-state index is 4.50. The Balaban J connectivity index is 1.42. The largest absolute Gasteiger partial charge is 0.355 e. The fourth-order valence-corrected chi connectivity index (χ4v) is 3.47. The van der Waals surface area contributed by atoms with Gasteiger partial charge >= 0.3 is 0 Å². The zero-order valence-electron chi connectivity index (χ0n) is 14.5. The number of hydrogen-bond acceptors (Lipinski definition) is 4. The second-order valence-corrected chi connectivity index (χ2v) is 6.47. The van der Waals surface area contributed by atoms with Crippen molar-refractivity contribution in [3.05, 3.63) is 72.4 Å². The molecule has 1 aliphatic heterocycles. The Morgan fingerprint density at radius 2 is 1.92 bits per heavy atom. The zero-order chi connectivity index (χ0) is 17.1. The van der Waals surface area contributed by atoms with Crippen LogP contribution in [0, 0.1) is 6.92 Å². The number of pyridine rings is 1. The van der Waals surface area contributed by atoms with E-state index >= 15 is 0 Å². The first kappa shape index (κ1) is 15.8. The summed E-state index contributed by atoms with van der Waals surface area (Å²) in [6, 6.07) is 17.0. The highest BCUT2D eigenvalue weighted by Gasteiger charge is 2.23. The first-order chi connectivity index (χ1) is 12.3. The fourth-order valence-electron chi connectivity index (χ4n) is 3.47. The van der Waals surface area contributed by atoms with Crippen molar-refractivity contribution in [1.82, 2.24) is 19.9 Å². The molecule has 0 radical (unpaired) electrons. The highest BCUT2D eigenvalue weighted by atomic mass is 15.2. The third-order valence-corrected chi connectivity index (χ3v) is 4.76. The number of hydrogen-bond donors (Lipinski definition) is 1. The standard InChI is InChI=1S/C20H23N5/c1-16-22-13-19(25(16)18-7-3-2-4-8-18)14-23-17-10-12-24(15-17)20-9-5-6-11-21-20/h2-9,11,13,17,23H,10,12,14-15H2,1H3. The molecule has 2 aromatic heterocycles. The van der Waals surface area contributed by atoms with Gasteiger partial charge in [0.15, 0.2) is 0 Å². The van der Waals surface area contributed by atoms with Crippen LogP contribution in [0.4, 0.5) is 5.82 Å². The molecular formula is C20H23N5. The average molecular weight is 333 g/mol. The van der Waals surface area contributed by atoms with Gasteiger partial charge in [0.25, 0.3) is 0 Å². The number of nitrogens with zero attached hydrogens (tertiary/aromatic N) is 4. The summed E-state index contributed by atoms with van der Waals surface area (Å²) >= 11 is 0. The molecular weight excluding hydrogens is 310 g/mol. The van der Waals surface area contributed by atoms with E-state index in [2.05, 4.69) is 62.0 Å². The van der Waals surface area contributed by atoms with E-state index in [0.29, 0.717) is 6.04 Å². The van der Waals surface area contributed by atoms with Crippen LogP contribution in [-0.4, -0.2) is 33.7 Å². The van der Waals surface area contributed by atoms with Gasteiger partial charge in [-0.15, -0.1) is 0 Å². The molecule has 1 aliphatic rings. The van der Waals surface area contributed by atoms with Gasteiger partial charge in [0.1, 0.15) is 11.6 Å². The fraction of sp³-hybridized carbons (Fsp3) is 0.300. The predicted molar refractivity (Wildman–Crippen MR) is 100.0 cm³/mol. The van der Waals surface area contributed by atoms with Crippen LogP contribution in [0.2, 0.25) is 0 Å². The van der Waals surface area contributed by atoms with Crippen LogP contribution in [0.5, 0.6) is 0 Å². The van der Waals surface area contributed by atoms with Crippen molar-refractivity contribution in [1.29, 1.82) is 0 Å². The molecule has 5 heteroatoms. The highest BCUT2D eigenvalue weighted by molar-refractivity contribution is 5.39. The molecule has 1 N–H and O–H groups in total.